The van der Waals surface area contributed by atoms with Crippen molar-refractivity contribution >= 4 is 40.8 Å². The van der Waals surface area contributed by atoms with Gasteiger partial charge in [0, 0.05) is 7.05 Å². The van der Waals surface area contributed by atoms with Gasteiger partial charge in [-0.3, -0.25) is 0 Å². The Hall–Kier alpha value is -1.46. The summed E-state index contributed by atoms with van der Waals surface area (Å²) in [5.41, 5.74) is -0.206. The summed E-state index contributed by atoms with van der Waals surface area (Å²) in [6, 6.07) is 4.50. The SMILES string of the molecule is CN1C(=O)N(c2ccc(Cl)c(Cl)c2)/C(=N/O)C1(C)C. The number of anilines is 1. The maximum Gasteiger partial charge on any atom is 0.330 e. The number of carbonyl (C=O) groups excluding carboxylic acids is 1. The molecule has 0 spiro atoms. The zero-order valence-electron chi connectivity index (χ0n) is 10.7. The van der Waals surface area contributed by atoms with E-state index in [1.54, 1.807) is 39.1 Å². The van der Waals surface area contributed by atoms with E-state index in [2.05, 4.69) is 5.16 Å². The average Bonchev–Trinajstić information content (AvgIpc) is 2.53. The Kier molecular flexibility index (Phi) is 3.36. The number of urea groups is 1. The van der Waals surface area contributed by atoms with Crippen LogP contribution in [0.2, 0.25) is 10.0 Å². The molecule has 2 amide bonds. The number of hydrogen-bond acceptors (Lipinski definition) is 3. The molecule has 1 N–H and O–H groups in total. The molecule has 5 nitrogen and oxygen atoms in total. The van der Waals surface area contributed by atoms with Crippen LogP contribution in [0.3, 0.4) is 0 Å². The van der Waals surface area contributed by atoms with Gasteiger partial charge in [-0.05, 0) is 32.0 Å². The Labute approximate surface area is 121 Å². The monoisotopic (exact) mass is 301 g/mol. The highest BCUT2D eigenvalue weighted by atomic mass is 35.5. The van der Waals surface area contributed by atoms with Gasteiger partial charge in [0.15, 0.2) is 5.84 Å². The van der Waals surface area contributed by atoms with Crippen LogP contribution >= 0.6 is 23.2 Å². The minimum atomic E-state index is -0.710. The topological polar surface area (TPSA) is 56.1 Å². The van der Waals surface area contributed by atoms with E-state index in [1.165, 1.54) is 9.80 Å². The molecule has 1 heterocycles. The summed E-state index contributed by atoms with van der Waals surface area (Å²) in [6.07, 6.45) is 0. The first-order valence-electron chi connectivity index (χ1n) is 5.56. The van der Waals surface area contributed by atoms with Gasteiger partial charge in [0.25, 0.3) is 0 Å². The van der Waals surface area contributed by atoms with Crippen molar-refractivity contribution in [2.75, 3.05) is 11.9 Å². The standard InChI is InChI=1S/C12H13Cl2N3O2/c1-12(2)10(15-19)17(11(18)16(12)3)7-4-5-8(13)9(14)6-7/h4-6,19H,1-3H3/b15-10+. The normalized spacial score (nSPS) is 20.5. The van der Waals surface area contributed by atoms with Crippen molar-refractivity contribution in [3.8, 4) is 0 Å². The van der Waals surface area contributed by atoms with Gasteiger partial charge in [0.05, 0.1) is 15.7 Å². The summed E-state index contributed by atoms with van der Waals surface area (Å²) < 4.78 is 0. The van der Waals surface area contributed by atoms with Crippen LogP contribution in [0.4, 0.5) is 10.5 Å². The molecule has 1 aromatic rings. The van der Waals surface area contributed by atoms with Gasteiger partial charge in [-0.15, -0.1) is 0 Å². The molecule has 1 aromatic carbocycles. The number of hydrogen-bond donors (Lipinski definition) is 1. The Bertz CT molecular complexity index is 572. The minimum Gasteiger partial charge on any atom is -0.409 e. The van der Waals surface area contributed by atoms with E-state index >= 15 is 0 Å². The molecule has 0 radical (unpaired) electrons. The summed E-state index contributed by atoms with van der Waals surface area (Å²) in [5, 5.41) is 13.2. The molecule has 102 valence electrons. The van der Waals surface area contributed by atoms with Crippen molar-refractivity contribution in [1.82, 2.24) is 4.90 Å². The second kappa shape index (κ2) is 4.58. The summed E-state index contributed by atoms with van der Waals surface area (Å²) in [6.45, 7) is 3.58. The molecule has 1 saturated heterocycles. The highest BCUT2D eigenvalue weighted by Gasteiger charge is 2.48. The summed E-state index contributed by atoms with van der Waals surface area (Å²) in [4.78, 5) is 15.1. The molecule has 19 heavy (non-hydrogen) atoms. The number of amides is 2. The number of rotatable bonds is 1. The summed E-state index contributed by atoms with van der Waals surface area (Å²) >= 11 is 11.8. The van der Waals surface area contributed by atoms with E-state index in [1.807, 2.05) is 0 Å². The zero-order valence-corrected chi connectivity index (χ0v) is 12.2. The maximum absolute atomic E-state index is 12.3. The van der Waals surface area contributed by atoms with Crippen molar-refractivity contribution in [2.45, 2.75) is 19.4 Å². The van der Waals surface area contributed by atoms with Gasteiger partial charge in [-0.1, -0.05) is 28.4 Å². The first-order valence-corrected chi connectivity index (χ1v) is 6.31. The van der Waals surface area contributed by atoms with Crippen LogP contribution in [-0.4, -0.2) is 34.6 Å². The van der Waals surface area contributed by atoms with Gasteiger partial charge in [-0.25, -0.2) is 9.69 Å². The zero-order chi connectivity index (χ0) is 14.4. The Morgan fingerprint density at radius 2 is 1.89 bits per heavy atom. The van der Waals surface area contributed by atoms with Crippen molar-refractivity contribution in [2.24, 2.45) is 5.16 Å². The molecular formula is C12H13Cl2N3O2. The summed E-state index contributed by atoms with van der Waals surface area (Å²) in [5.74, 6) is 0.235. The lowest BCUT2D eigenvalue weighted by atomic mass is 10.0. The van der Waals surface area contributed by atoms with E-state index in [0.29, 0.717) is 15.7 Å². The van der Waals surface area contributed by atoms with Crippen molar-refractivity contribution in [3.05, 3.63) is 28.2 Å². The number of halogens is 2. The first kappa shape index (κ1) is 14.0. The van der Waals surface area contributed by atoms with Crippen molar-refractivity contribution < 1.29 is 10.0 Å². The number of likely N-dealkylation sites (N-methyl/N-ethyl adjacent to an activating group) is 1. The van der Waals surface area contributed by atoms with Crippen LogP contribution in [0, 0.1) is 0 Å². The third kappa shape index (κ3) is 2.03. The second-order valence-corrected chi connectivity index (χ2v) is 5.57. The number of carbonyl (C=O) groups is 1. The minimum absolute atomic E-state index is 0.235. The molecule has 0 saturated carbocycles. The maximum atomic E-state index is 12.3. The van der Waals surface area contributed by atoms with E-state index in [9.17, 15) is 10.0 Å². The Balaban J connectivity index is 2.55. The predicted molar refractivity (Wildman–Crippen MR) is 75.4 cm³/mol. The Morgan fingerprint density at radius 1 is 1.26 bits per heavy atom. The van der Waals surface area contributed by atoms with Crippen LogP contribution in [0.25, 0.3) is 0 Å². The van der Waals surface area contributed by atoms with E-state index < -0.39 is 5.54 Å². The number of oxime groups is 1. The fraction of sp³-hybridized carbons (Fsp3) is 0.333. The number of amidine groups is 1. The largest absolute Gasteiger partial charge is 0.409 e. The molecule has 7 heteroatoms. The van der Waals surface area contributed by atoms with Gasteiger partial charge >= 0.3 is 6.03 Å². The Morgan fingerprint density at radius 3 is 2.42 bits per heavy atom. The van der Waals surface area contributed by atoms with Crippen LogP contribution in [0.15, 0.2) is 23.4 Å². The highest BCUT2D eigenvalue weighted by molar-refractivity contribution is 6.42. The molecular weight excluding hydrogens is 289 g/mol. The van der Waals surface area contributed by atoms with E-state index in [-0.39, 0.29) is 11.9 Å². The fourth-order valence-corrected chi connectivity index (χ4v) is 2.22. The fourth-order valence-electron chi connectivity index (χ4n) is 1.93. The number of benzene rings is 1. The third-order valence-corrected chi connectivity index (χ3v) is 4.07. The van der Waals surface area contributed by atoms with Gasteiger partial charge in [-0.2, -0.15) is 0 Å². The average molecular weight is 302 g/mol. The van der Waals surface area contributed by atoms with E-state index in [0.717, 1.165) is 0 Å². The predicted octanol–water partition coefficient (Wildman–Crippen LogP) is 3.43. The van der Waals surface area contributed by atoms with Crippen LogP contribution < -0.4 is 4.90 Å². The summed E-state index contributed by atoms with van der Waals surface area (Å²) in [7, 11) is 1.64. The molecule has 1 aliphatic rings. The quantitative estimate of drug-likeness (QED) is 0.638. The molecule has 0 atom stereocenters. The smallest absolute Gasteiger partial charge is 0.330 e. The highest BCUT2D eigenvalue weighted by Crippen LogP contribution is 2.34. The molecule has 1 fully saturated rings. The molecule has 0 aliphatic carbocycles. The molecule has 0 bridgehead atoms. The lowest BCUT2D eigenvalue weighted by Gasteiger charge is -2.24. The lowest BCUT2D eigenvalue weighted by molar-refractivity contribution is 0.205. The molecule has 1 aliphatic heterocycles. The molecule has 0 aromatic heterocycles. The van der Waals surface area contributed by atoms with Crippen molar-refractivity contribution in [3.63, 3.8) is 0 Å². The van der Waals surface area contributed by atoms with Gasteiger partial charge < -0.3 is 10.1 Å². The van der Waals surface area contributed by atoms with Gasteiger partial charge in [0.2, 0.25) is 0 Å². The third-order valence-electron chi connectivity index (χ3n) is 3.33. The van der Waals surface area contributed by atoms with E-state index in [4.69, 9.17) is 23.2 Å². The van der Waals surface area contributed by atoms with Crippen LogP contribution in [-0.2, 0) is 0 Å². The van der Waals surface area contributed by atoms with Crippen LogP contribution in [0.5, 0.6) is 0 Å². The molecule has 0 unspecified atom stereocenters. The lowest BCUT2D eigenvalue weighted by Crippen LogP contribution is -2.41. The molecule has 2 rings (SSSR count). The first-order chi connectivity index (χ1) is 8.80. The van der Waals surface area contributed by atoms with Gasteiger partial charge in [0.1, 0.15) is 5.54 Å². The number of nitrogens with zero attached hydrogens (tertiary/aromatic N) is 3. The van der Waals surface area contributed by atoms with Crippen LogP contribution in [0.1, 0.15) is 13.8 Å². The second-order valence-electron chi connectivity index (χ2n) is 4.76. The van der Waals surface area contributed by atoms with Crippen molar-refractivity contribution in [1.29, 1.82) is 0 Å².